The third-order valence-electron chi connectivity index (χ3n) is 4.09. The summed E-state index contributed by atoms with van der Waals surface area (Å²) in [5.41, 5.74) is 2.95. The molecule has 2 heterocycles. The number of benzene rings is 1. The van der Waals surface area contributed by atoms with Gasteiger partial charge in [0.2, 0.25) is 0 Å². The van der Waals surface area contributed by atoms with Gasteiger partial charge in [0.25, 0.3) is 0 Å². The topological polar surface area (TPSA) is 46.6 Å². The molecule has 1 unspecified atom stereocenters. The van der Waals surface area contributed by atoms with Gasteiger partial charge in [-0.25, -0.2) is 0 Å². The lowest BCUT2D eigenvalue weighted by Gasteiger charge is -2.33. The molecule has 0 saturated carbocycles. The van der Waals surface area contributed by atoms with E-state index >= 15 is 0 Å². The molecule has 5 nitrogen and oxygen atoms in total. The second kappa shape index (κ2) is 7.66. The van der Waals surface area contributed by atoms with Crippen molar-refractivity contribution in [3.63, 3.8) is 0 Å². The summed E-state index contributed by atoms with van der Waals surface area (Å²) in [6.07, 6.45) is 4.35. The Bertz CT molecular complexity index is 596. The molecule has 23 heavy (non-hydrogen) atoms. The van der Waals surface area contributed by atoms with Crippen molar-refractivity contribution in [1.29, 1.82) is 0 Å². The highest BCUT2D eigenvalue weighted by Gasteiger charge is 2.20. The van der Waals surface area contributed by atoms with Crippen LogP contribution in [0, 0.1) is 0 Å². The number of anilines is 1. The molecule has 1 N–H and O–H groups in total. The van der Waals surface area contributed by atoms with Crippen LogP contribution >= 0.6 is 11.3 Å². The molecule has 1 aliphatic heterocycles. The van der Waals surface area contributed by atoms with Crippen LogP contribution in [0.5, 0.6) is 11.5 Å². The predicted octanol–water partition coefficient (Wildman–Crippen LogP) is 3.24. The first-order valence-electron chi connectivity index (χ1n) is 7.86. The van der Waals surface area contributed by atoms with Gasteiger partial charge in [0.05, 0.1) is 19.7 Å². The molecule has 6 heteroatoms. The fourth-order valence-corrected chi connectivity index (χ4v) is 3.62. The van der Waals surface area contributed by atoms with Crippen molar-refractivity contribution in [3.8, 4) is 11.5 Å². The van der Waals surface area contributed by atoms with E-state index in [4.69, 9.17) is 9.47 Å². The summed E-state index contributed by atoms with van der Waals surface area (Å²) in [6, 6.07) is 6.37. The Morgan fingerprint density at radius 1 is 1.26 bits per heavy atom. The first-order valence-corrected chi connectivity index (χ1v) is 8.74. The minimum Gasteiger partial charge on any atom is -0.497 e. The van der Waals surface area contributed by atoms with Crippen LogP contribution in [0.15, 0.2) is 29.9 Å². The summed E-state index contributed by atoms with van der Waals surface area (Å²) in [7, 11) is 3.35. The standard InChI is InChI=1S/C17H23N3O2S/c1-21-15-6-14(7-16(8-15)22-2)19-13-4-3-5-20(10-13)11-17-9-18-12-23-17/h6-9,12-13,19H,3-5,10-11H2,1-2H3. The maximum atomic E-state index is 5.34. The Morgan fingerprint density at radius 2 is 2.04 bits per heavy atom. The molecule has 0 spiro atoms. The molecule has 1 aliphatic rings. The second-order valence-electron chi connectivity index (χ2n) is 5.79. The lowest BCUT2D eigenvalue weighted by Crippen LogP contribution is -2.41. The summed E-state index contributed by atoms with van der Waals surface area (Å²) in [5, 5.41) is 3.63. The molecule has 0 aliphatic carbocycles. The molecule has 0 amide bonds. The Balaban J connectivity index is 1.63. The lowest BCUT2D eigenvalue weighted by molar-refractivity contribution is 0.210. The highest BCUT2D eigenvalue weighted by Crippen LogP contribution is 2.27. The molecule has 1 fully saturated rings. The maximum absolute atomic E-state index is 5.34. The monoisotopic (exact) mass is 333 g/mol. The fourth-order valence-electron chi connectivity index (χ4n) is 2.98. The smallest absolute Gasteiger partial charge is 0.124 e. The predicted molar refractivity (Wildman–Crippen MR) is 93.6 cm³/mol. The van der Waals surface area contributed by atoms with Crippen LogP contribution in [-0.4, -0.2) is 43.2 Å². The number of thiazole rings is 1. The average molecular weight is 333 g/mol. The minimum atomic E-state index is 0.438. The summed E-state index contributed by atoms with van der Waals surface area (Å²) >= 11 is 1.73. The van der Waals surface area contributed by atoms with E-state index in [1.54, 1.807) is 25.6 Å². The number of hydrogen-bond acceptors (Lipinski definition) is 6. The van der Waals surface area contributed by atoms with E-state index in [0.29, 0.717) is 6.04 Å². The molecular weight excluding hydrogens is 310 g/mol. The highest BCUT2D eigenvalue weighted by molar-refractivity contribution is 7.09. The summed E-state index contributed by atoms with van der Waals surface area (Å²) < 4.78 is 10.7. The van der Waals surface area contributed by atoms with Crippen molar-refractivity contribution in [2.45, 2.75) is 25.4 Å². The van der Waals surface area contributed by atoms with Crippen LogP contribution in [0.4, 0.5) is 5.69 Å². The Labute approximate surface area is 141 Å². The second-order valence-corrected chi connectivity index (χ2v) is 6.76. The quantitative estimate of drug-likeness (QED) is 0.879. The molecule has 124 valence electrons. The molecule has 1 aromatic carbocycles. The van der Waals surface area contributed by atoms with Gasteiger partial charge in [0, 0.05) is 54.1 Å². The molecule has 2 aromatic rings. The van der Waals surface area contributed by atoms with Gasteiger partial charge in [-0.05, 0) is 19.4 Å². The van der Waals surface area contributed by atoms with E-state index in [2.05, 4.69) is 15.2 Å². The van der Waals surface area contributed by atoms with Crippen LogP contribution in [0.25, 0.3) is 0 Å². The van der Waals surface area contributed by atoms with Gasteiger partial charge in [0.1, 0.15) is 11.5 Å². The van der Waals surface area contributed by atoms with Gasteiger partial charge in [-0.2, -0.15) is 0 Å². The number of methoxy groups -OCH3 is 2. The van der Waals surface area contributed by atoms with E-state index < -0.39 is 0 Å². The van der Waals surface area contributed by atoms with Gasteiger partial charge >= 0.3 is 0 Å². The Hall–Kier alpha value is -1.79. The maximum Gasteiger partial charge on any atom is 0.124 e. The van der Waals surface area contributed by atoms with E-state index in [0.717, 1.165) is 36.8 Å². The lowest BCUT2D eigenvalue weighted by atomic mass is 10.1. The SMILES string of the molecule is COc1cc(NC2CCCN(Cc3cncs3)C2)cc(OC)c1. The van der Waals surface area contributed by atoms with Crippen molar-refractivity contribution in [2.75, 3.05) is 32.6 Å². The van der Waals surface area contributed by atoms with Crippen LogP contribution < -0.4 is 14.8 Å². The van der Waals surface area contributed by atoms with Gasteiger partial charge in [-0.15, -0.1) is 11.3 Å². The summed E-state index contributed by atoms with van der Waals surface area (Å²) in [6.45, 7) is 3.18. The zero-order valence-corrected chi connectivity index (χ0v) is 14.4. The van der Waals surface area contributed by atoms with E-state index in [1.165, 1.54) is 17.7 Å². The number of nitrogens with zero attached hydrogens (tertiary/aromatic N) is 2. The van der Waals surface area contributed by atoms with E-state index in [9.17, 15) is 0 Å². The van der Waals surface area contributed by atoms with E-state index in [-0.39, 0.29) is 0 Å². The molecule has 0 bridgehead atoms. The number of hydrogen-bond donors (Lipinski definition) is 1. The zero-order chi connectivity index (χ0) is 16.1. The minimum absolute atomic E-state index is 0.438. The van der Waals surface area contributed by atoms with Gasteiger partial charge < -0.3 is 14.8 Å². The van der Waals surface area contributed by atoms with Crippen molar-refractivity contribution >= 4 is 17.0 Å². The average Bonchev–Trinajstić information content (AvgIpc) is 3.07. The van der Waals surface area contributed by atoms with Crippen LogP contribution in [0.2, 0.25) is 0 Å². The van der Waals surface area contributed by atoms with Crippen molar-refractivity contribution in [2.24, 2.45) is 0 Å². The largest absolute Gasteiger partial charge is 0.497 e. The molecular formula is C17H23N3O2S. The van der Waals surface area contributed by atoms with Gasteiger partial charge in [-0.3, -0.25) is 9.88 Å². The third-order valence-corrected chi connectivity index (χ3v) is 4.86. The van der Waals surface area contributed by atoms with Crippen molar-refractivity contribution in [1.82, 2.24) is 9.88 Å². The molecule has 0 radical (unpaired) electrons. The number of aromatic nitrogens is 1. The number of rotatable bonds is 6. The van der Waals surface area contributed by atoms with Crippen LogP contribution in [-0.2, 0) is 6.54 Å². The van der Waals surface area contributed by atoms with Crippen LogP contribution in [0.3, 0.4) is 0 Å². The third kappa shape index (κ3) is 4.36. The molecule has 1 aromatic heterocycles. The Morgan fingerprint density at radius 3 is 2.70 bits per heavy atom. The van der Waals surface area contributed by atoms with Crippen molar-refractivity contribution in [3.05, 3.63) is 34.8 Å². The summed E-state index contributed by atoms with van der Waals surface area (Å²) in [4.78, 5) is 7.98. The molecule has 3 rings (SSSR count). The number of nitrogens with one attached hydrogen (secondary N) is 1. The van der Waals surface area contributed by atoms with E-state index in [1.807, 2.05) is 29.9 Å². The fraction of sp³-hybridized carbons (Fsp3) is 0.471. The summed E-state index contributed by atoms with van der Waals surface area (Å²) in [5.74, 6) is 1.62. The van der Waals surface area contributed by atoms with Gasteiger partial charge in [-0.1, -0.05) is 0 Å². The van der Waals surface area contributed by atoms with Gasteiger partial charge in [0.15, 0.2) is 0 Å². The number of piperidine rings is 1. The number of ether oxygens (including phenoxy) is 2. The first-order chi connectivity index (χ1) is 11.3. The molecule has 1 saturated heterocycles. The Kier molecular flexibility index (Phi) is 5.35. The first kappa shape index (κ1) is 16.1. The van der Waals surface area contributed by atoms with Crippen LogP contribution in [0.1, 0.15) is 17.7 Å². The van der Waals surface area contributed by atoms with Crippen molar-refractivity contribution < 1.29 is 9.47 Å². The normalized spacial score (nSPS) is 18.6. The zero-order valence-electron chi connectivity index (χ0n) is 13.6. The highest BCUT2D eigenvalue weighted by atomic mass is 32.1. The number of likely N-dealkylation sites (tertiary alicyclic amines) is 1. The molecule has 1 atom stereocenters.